The molecule has 0 amide bonds. The van der Waals surface area contributed by atoms with Crippen LogP contribution in [0, 0.1) is 11.8 Å². The Morgan fingerprint density at radius 2 is 2.36 bits per heavy atom. The molecule has 1 fully saturated rings. The van der Waals surface area contributed by atoms with E-state index in [0.29, 0.717) is 11.8 Å². The summed E-state index contributed by atoms with van der Waals surface area (Å²) in [6, 6.07) is 0. The summed E-state index contributed by atoms with van der Waals surface area (Å²) in [4.78, 5) is 10.6. The second-order valence-electron chi connectivity index (χ2n) is 2.68. The van der Waals surface area contributed by atoms with E-state index in [2.05, 4.69) is 11.3 Å². The van der Waals surface area contributed by atoms with Crippen LogP contribution in [0.25, 0.3) is 0 Å². The van der Waals surface area contributed by atoms with Crippen LogP contribution in [0.3, 0.4) is 0 Å². The number of carbonyl (C=O) groups is 1. The van der Waals surface area contributed by atoms with Crippen LogP contribution < -0.4 is 0 Å². The minimum atomic E-state index is -0.278. The Kier molecular flexibility index (Phi) is 2.47. The molecule has 0 aliphatic heterocycles. The van der Waals surface area contributed by atoms with E-state index in [1.54, 1.807) is 0 Å². The van der Waals surface area contributed by atoms with Crippen LogP contribution in [0.4, 0.5) is 0 Å². The smallest absolute Gasteiger partial charge is 0.330 e. The predicted octanol–water partition coefficient (Wildman–Crippen LogP) is 1.54. The first-order chi connectivity index (χ1) is 5.27. The number of esters is 1. The first-order valence-electron chi connectivity index (χ1n) is 3.66. The van der Waals surface area contributed by atoms with Crippen molar-refractivity contribution in [3.8, 4) is 0 Å². The predicted molar refractivity (Wildman–Crippen MR) is 43.0 cm³/mol. The lowest BCUT2D eigenvalue weighted by molar-refractivity contribution is -0.134. The highest BCUT2D eigenvalue weighted by Crippen LogP contribution is 2.40. The van der Waals surface area contributed by atoms with E-state index in [1.165, 1.54) is 13.2 Å². The number of hydrogen-bond donors (Lipinski definition) is 0. The lowest BCUT2D eigenvalue weighted by Gasteiger charge is -1.88. The highest BCUT2D eigenvalue weighted by molar-refractivity contribution is 5.81. The number of allylic oxidation sites excluding steroid dienone is 2. The quantitative estimate of drug-likeness (QED) is 0.348. The average molecular weight is 152 g/mol. The minimum absolute atomic E-state index is 0.278. The molecule has 1 aliphatic carbocycles. The van der Waals surface area contributed by atoms with Crippen molar-refractivity contribution in [2.24, 2.45) is 11.8 Å². The van der Waals surface area contributed by atoms with Crippen molar-refractivity contribution in [3.05, 3.63) is 24.8 Å². The van der Waals surface area contributed by atoms with Gasteiger partial charge in [0.2, 0.25) is 0 Å². The summed E-state index contributed by atoms with van der Waals surface area (Å²) in [5.41, 5.74) is 0. The average Bonchev–Trinajstić information content (AvgIpc) is 2.78. The van der Waals surface area contributed by atoms with E-state index >= 15 is 0 Å². The zero-order chi connectivity index (χ0) is 8.27. The normalized spacial score (nSPS) is 28.5. The largest absolute Gasteiger partial charge is 0.466 e. The number of ether oxygens (including phenoxy) is 1. The van der Waals surface area contributed by atoms with E-state index < -0.39 is 0 Å². The lowest BCUT2D eigenvalue weighted by atomic mass is 10.3. The summed E-state index contributed by atoms with van der Waals surface area (Å²) in [6.07, 6.45) is 6.41. The van der Waals surface area contributed by atoms with E-state index in [0.717, 1.165) is 6.42 Å². The highest BCUT2D eigenvalue weighted by Gasteiger charge is 2.31. The van der Waals surface area contributed by atoms with E-state index in [-0.39, 0.29) is 5.97 Å². The molecule has 0 N–H and O–H groups in total. The van der Waals surface area contributed by atoms with Crippen LogP contribution in [-0.2, 0) is 9.53 Å². The Morgan fingerprint density at radius 3 is 2.82 bits per heavy atom. The van der Waals surface area contributed by atoms with Crippen molar-refractivity contribution < 1.29 is 9.53 Å². The molecule has 0 bridgehead atoms. The van der Waals surface area contributed by atoms with Gasteiger partial charge in [-0.1, -0.05) is 12.2 Å². The first kappa shape index (κ1) is 8.05. The molecule has 2 atom stereocenters. The van der Waals surface area contributed by atoms with Crippen molar-refractivity contribution in [2.75, 3.05) is 7.11 Å². The maximum Gasteiger partial charge on any atom is 0.330 e. The molecule has 0 aromatic carbocycles. The maximum atomic E-state index is 10.6. The van der Waals surface area contributed by atoms with Gasteiger partial charge in [-0.05, 0) is 18.3 Å². The molecule has 1 rings (SSSR count). The molecule has 0 spiro atoms. The number of carbonyl (C=O) groups excluding carboxylic acids is 1. The molecule has 11 heavy (non-hydrogen) atoms. The maximum absolute atomic E-state index is 10.6. The Hall–Kier alpha value is -1.05. The summed E-state index contributed by atoms with van der Waals surface area (Å²) < 4.78 is 4.45. The van der Waals surface area contributed by atoms with Gasteiger partial charge >= 0.3 is 5.97 Å². The molecule has 60 valence electrons. The molecular weight excluding hydrogens is 140 g/mol. The van der Waals surface area contributed by atoms with Crippen molar-refractivity contribution >= 4 is 5.97 Å². The number of rotatable bonds is 3. The lowest BCUT2D eigenvalue weighted by Crippen LogP contribution is -1.93. The molecule has 2 heteroatoms. The van der Waals surface area contributed by atoms with Crippen LogP contribution in [0.1, 0.15) is 6.42 Å². The summed E-state index contributed by atoms with van der Waals surface area (Å²) in [5.74, 6) is 0.821. The van der Waals surface area contributed by atoms with Crippen LogP contribution in [0.5, 0.6) is 0 Å². The molecule has 0 heterocycles. The number of methoxy groups -OCH3 is 1. The third-order valence-corrected chi connectivity index (χ3v) is 1.87. The van der Waals surface area contributed by atoms with Gasteiger partial charge < -0.3 is 4.74 Å². The van der Waals surface area contributed by atoms with Crippen LogP contribution in [-0.4, -0.2) is 13.1 Å². The third kappa shape index (κ3) is 2.22. The SMILES string of the molecule is C=C[C@H]1CC1/C=C/C(=O)OC. The fourth-order valence-electron chi connectivity index (χ4n) is 0.998. The van der Waals surface area contributed by atoms with Gasteiger partial charge in [0.05, 0.1) is 7.11 Å². The molecule has 0 aromatic heterocycles. The Balaban J connectivity index is 2.27. The second kappa shape index (κ2) is 3.37. The molecule has 0 saturated heterocycles. The summed E-state index contributed by atoms with van der Waals surface area (Å²) in [5, 5.41) is 0. The zero-order valence-corrected chi connectivity index (χ0v) is 6.62. The third-order valence-electron chi connectivity index (χ3n) is 1.87. The van der Waals surface area contributed by atoms with Gasteiger partial charge in [-0.15, -0.1) is 6.58 Å². The highest BCUT2D eigenvalue weighted by atomic mass is 16.5. The second-order valence-corrected chi connectivity index (χ2v) is 2.68. The van der Waals surface area contributed by atoms with Gasteiger partial charge in [-0.3, -0.25) is 0 Å². The molecule has 2 nitrogen and oxygen atoms in total. The molecular formula is C9H12O2. The van der Waals surface area contributed by atoms with Gasteiger partial charge in [0.15, 0.2) is 0 Å². The summed E-state index contributed by atoms with van der Waals surface area (Å²) in [7, 11) is 1.38. The standard InChI is InChI=1S/C9H12O2/c1-3-7-6-8(7)4-5-9(10)11-2/h3-5,7-8H,1,6H2,2H3/b5-4+/t7-,8?/m0/s1. The van der Waals surface area contributed by atoms with Gasteiger partial charge in [0, 0.05) is 6.08 Å². The molecule has 1 saturated carbocycles. The minimum Gasteiger partial charge on any atom is -0.466 e. The molecule has 1 aliphatic rings. The summed E-state index contributed by atoms with van der Waals surface area (Å²) in [6.45, 7) is 3.67. The van der Waals surface area contributed by atoms with Crippen LogP contribution >= 0.6 is 0 Å². The van der Waals surface area contributed by atoms with E-state index in [4.69, 9.17) is 0 Å². The molecule has 0 radical (unpaired) electrons. The molecule has 1 unspecified atom stereocenters. The van der Waals surface area contributed by atoms with Gasteiger partial charge in [-0.2, -0.15) is 0 Å². The Bertz CT molecular complexity index is 194. The number of hydrogen-bond acceptors (Lipinski definition) is 2. The van der Waals surface area contributed by atoms with Gasteiger partial charge in [0.1, 0.15) is 0 Å². The van der Waals surface area contributed by atoms with Crippen molar-refractivity contribution in [1.82, 2.24) is 0 Å². The molecule has 0 aromatic rings. The van der Waals surface area contributed by atoms with Crippen molar-refractivity contribution in [2.45, 2.75) is 6.42 Å². The van der Waals surface area contributed by atoms with Crippen molar-refractivity contribution in [3.63, 3.8) is 0 Å². The first-order valence-corrected chi connectivity index (χ1v) is 3.66. The van der Waals surface area contributed by atoms with Crippen molar-refractivity contribution in [1.29, 1.82) is 0 Å². The summed E-state index contributed by atoms with van der Waals surface area (Å²) >= 11 is 0. The zero-order valence-electron chi connectivity index (χ0n) is 6.62. The van der Waals surface area contributed by atoms with E-state index in [1.807, 2.05) is 12.2 Å². The fraction of sp³-hybridized carbons (Fsp3) is 0.444. The Labute approximate surface area is 66.5 Å². The monoisotopic (exact) mass is 152 g/mol. The van der Waals surface area contributed by atoms with Gasteiger partial charge in [-0.25, -0.2) is 4.79 Å². The van der Waals surface area contributed by atoms with E-state index in [9.17, 15) is 4.79 Å². The van der Waals surface area contributed by atoms with Crippen LogP contribution in [0.2, 0.25) is 0 Å². The van der Waals surface area contributed by atoms with Crippen LogP contribution in [0.15, 0.2) is 24.8 Å². The fourth-order valence-corrected chi connectivity index (χ4v) is 0.998. The van der Waals surface area contributed by atoms with Gasteiger partial charge in [0.25, 0.3) is 0 Å². The topological polar surface area (TPSA) is 26.3 Å². The Morgan fingerprint density at radius 1 is 1.64 bits per heavy atom.